The van der Waals surface area contributed by atoms with Crippen LogP contribution in [0.2, 0.25) is 5.02 Å². The first kappa shape index (κ1) is 16.2. The lowest BCUT2D eigenvalue weighted by molar-refractivity contribution is -0.384. The molecule has 0 unspecified atom stereocenters. The predicted octanol–water partition coefficient (Wildman–Crippen LogP) is 4.66. The van der Waals surface area contributed by atoms with Gasteiger partial charge < -0.3 is 5.32 Å². The van der Waals surface area contributed by atoms with E-state index in [-0.39, 0.29) is 16.6 Å². The van der Waals surface area contributed by atoms with Gasteiger partial charge in [-0.05, 0) is 29.8 Å². The zero-order valence-electron chi connectivity index (χ0n) is 11.1. The lowest BCUT2D eigenvalue weighted by Gasteiger charge is -2.04. The maximum absolute atomic E-state index is 11.8. The number of anilines is 1. The van der Waals surface area contributed by atoms with Crippen LogP contribution in [0.5, 0.6) is 0 Å². The zero-order valence-corrected chi connectivity index (χ0v) is 13.5. The van der Waals surface area contributed by atoms with Crippen LogP contribution in [0.25, 0.3) is 6.08 Å². The highest BCUT2D eigenvalue weighted by atomic mass is 79.9. The van der Waals surface area contributed by atoms with Crippen LogP contribution in [0.1, 0.15) is 5.56 Å². The van der Waals surface area contributed by atoms with Gasteiger partial charge >= 0.3 is 0 Å². The molecule has 0 saturated carbocycles. The van der Waals surface area contributed by atoms with Gasteiger partial charge in [-0.3, -0.25) is 14.9 Å². The van der Waals surface area contributed by atoms with Gasteiger partial charge in [-0.2, -0.15) is 0 Å². The number of nitrogens with one attached hydrogen (secondary N) is 1. The van der Waals surface area contributed by atoms with Crippen molar-refractivity contribution in [3.63, 3.8) is 0 Å². The molecule has 0 aliphatic carbocycles. The fraction of sp³-hybridized carbons (Fsp3) is 0. The van der Waals surface area contributed by atoms with Crippen molar-refractivity contribution in [2.45, 2.75) is 0 Å². The second-order valence-corrected chi connectivity index (χ2v) is 5.62. The fourth-order valence-corrected chi connectivity index (χ4v) is 2.13. The molecular formula is C15H10BrClN2O3. The van der Waals surface area contributed by atoms with Gasteiger partial charge in [0.2, 0.25) is 5.91 Å². The molecule has 112 valence electrons. The van der Waals surface area contributed by atoms with E-state index >= 15 is 0 Å². The van der Waals surface area contributed by atoms with Gasteiger partial charge in [-0.15, -0.1) is 0 Å². The van der Waals surface area contributed by atoms with Gasteiger partial charge in [0, 0.05) is 22.7 Å². The lowest BCUT2D eigenvalue weighted by atomic mass is 10.2. The third kappa shape index (κ3) is 4.41. The molecule has 0 spiro atoms. The molecule has 0 heterocycles. The summed E-state index contributed by atoms with van der Waals surface area (Å²) in [5.41, 5.74) is 1.05. The number of carbonyl (C=O) groups is 1. The Kier molecular flexibility index (Phi) is 5.30. The highest BCUT2D eigenvalue weighted by Gasteiger charge is 2.10. The minimum absolute atomic E-state index is 0.111. The highest BCUT2D eigenvalue weighted by Crippen LogP contribution is 2.26. The summed E-state index contributed by atoms with van der Waals surface area (Å²) in [7, 11) is 0. The average molecular weight is 382 g/mol. The number of benzene rings is 2. The topological polar surface area (TPSA) is 72.2 Å². The predicted molar refractivity (Wildman–Crippen MR) is 89.9 cm³/mol. The summed E-state index contributed by atoms with van der Waals surface area (Å²) >= 11 is 9.23. The van der Waals surface area contributed by atoms with E-state index in [9.17, 15) is 14.9 Å². The molecule has 0 atom stereocenters. The molecule has 2 aromatic rings. The quantitative estimate of drug-likeness (QED) is 0.475. The smallest absolute Gasteiger partial charge is 0.271 e. The second kappa shape index (κ2) is 7.20. The Labute approximate surface area is 139 Å². The van der Waals surface area contributed by atoms with Crippen LogP contribution in [0, 0.1) is 10.1 Å². The van der Waals surface area contributed by atoms with E-state index in [1.807, 2.05) is 24.3 Å². The molecular weight excluding hydrogens is 372 g/mol. The molecule has 22 heavy (non-hydrogen) atoms. The Bertz CT molecular complexity index is 745. The maximum atomic E-state index is 11.8. The van der Waals surface area contributed by atoms with Gasteiger partial charge in [0.25, 0.3) is 5.69 Å². The standard InChI is InChI=1S/C15H10BrClN2O3/c16-11-4-1-10(2-5-11)3-8-15(20)18-14-7-6-12(19(21)22)9-13(14)17/h1-9H,(H,18,20)/b8-3+. The largest absolute Gasteiger partial charge is 0.321 e. The number of rotatable bonds is 4. The molecule has 1 amide bonds. The number of amides is 1. The SMILES string of the molecule is O=C(/C=C/c1ccc(Br)cc1)Nc1ccc([N+](=O)[O-])cc1Cl. The number of halogens is 2. The summed E-state index contributed by atoms with van der Waals surface area (Å²) in [6.07, 6.45) is 3.02. The highest BCUT2D eigenvalue weighted by molar-refractivity contribution is 9.10. The maximum Gasteiger partial charge on any atom is 0.271 e. The van der Waals surface area contributed by atoms with Crippen LogP contribution in [0.3, 0.4) is 0 Å². The fourth-order valence-electron chi connectivity index (χ4n) is 1.64. The monoisotopic (exact) mass is 380 g/mol. The van der Waals surface area contributed by atoms with Crippen LogP contribution >= 0.6 is 27.5 Å². The minimum atomic E-state index is -0.551. The number of hydrogen-bond donors (Lipinski definition) is 1. The molecule has 0 aromatic heterocycles. The van der Waals surface area contributed by atoms with Crippen molar-refractivity contribution in [3.8, 4) is 0 Å². The van der Waals surface area contributed by atoms with Crippen LogP contribution in [-0.2, 0) is 4.79 Å². The van der Waals surface area contributed by atoms with E-state index in [2.05, 4.69) is 21.2 Å². The van der Waals surface area contributed by atoms with Crippen LogP contribution < -0.4 is 5.32 Å². The molecule has 7 heteroatoms. The van der Waals surface area contributed by atoms with Gasteiger partial charge in [0.05, 0.1) is 15.6 Å². The Morgan fingerprint density at radius 1 is 1.23 bits per heavy atom. The van der Waals surface area contributed by atoms with Crippen LogP contribution in [-0.4, -0.2) is 10.8 Å². The molecule has 1 N–H and O–H groups in total. The van der Waals surface area contributed by atoms with E-state index in [1.165, 1.54) is 24.3 Å². The van der Waals surface area contributed by atoms with E-state index in [4.69, 9.17) is 11.6 Å². The molecule has 2 rings (SSSR count). The summed E-state index contributed by atoms with van der Waals surface area (Å²) < 4.78 is 0.951. The first-order chi connectivity index (χ1) is 10.5. The first-order valence-electron chi connectivity index (χ1n) is 6.14. The lowest BCUT2D eigenvalue weighted by Crippen LogP contribution is -2.08. The van der Waals surface area contributed by atoms with Gasteiger partial charge in [0.15, 0.2) is 0 Å². The first-order valence-corrected chi connectivity index (χ1v) is 7.31. The van der Waals surface area contributed by atoms with Crippen LogP contribution in [0.4, 0.5) is 11.4 Å². The summed E-state index contributed by atoms with van der Waals surface area (Å²) in [5, 5.41) is 13.3. The van der Waals surface area contributed by atoms with E-state index in [0.29, 0.717) is 5.69 Å². The summed E-state index contributed by atoms with van der Waals surface area (Å²) in [6.45, 7) is 0. The van der Waals surface area contributed by atoms with E-state index in [0.717, 1.165) is 10.0 Å². The molecule has 0 radical (unpaired) electrons. The number of nitrogens with zero attached hydrogens (tertiary/aromatic N) is 1. The van der Waals surface area contributed by atoms with Gasteiger partial charge in [0.1, 0.15) is 0 Å². The van der Waals surface area contributed by atoms with Crippen molar-refractivity contribution in [2.24, 2.45) is 0 Å². The van der Waals surface area contributed by atoms with Crippen molar-refractivity contribution in [2.75, 3.05) is 5.32 Å². The molecule has 5 nitrogen and oxygen atoms in total. The molecule has 0 bridgehead atoms. The number of nitro benzene ring substituents is 1. The zero-order chi connectivity index (χ0) is 16.1. The molecule has 0 saturated heterocycles. The molecule has 0 aliphatic heterocycles. The number of hydrogen-bond acceptors (Lipinski definition) is 3. The number of carbonyl (C=O) groups excluding carboxylic acids is 1. The van der Waals surface area contributed by atoms with Crippen molar-refractivity contribution >= 4 is 50.9 Å². The molecule has 0 aliphatic rings. The second-order valence-electron chi connectivity index (χ2n) is 4.30. The van der Waals surface area contributed by atoms with E-state index in [1.54, 1.807) is 6.08 Å². The summed E-state index contributed by atoms with van der Waals surface area (Å²) in [5.74, 6) is -0.376. The average Bonchev–Trinajstić information content (AvgIpc) is 2.48. The van der Waals surface area contributed by atoms with Crippen LogP contribution in [0.15, 0.2) is 53.0 Å². The number of nitro groups is 1. The minimum Gasteiger partial charge on any atom is -0.321 e. The Balaban J connectivity index is 2.05. The number of non-ortho nitro benzene ring substituents is 1. The third-order valence-electron chi connectivity index (χ3n) is 2.72. The van der Waals surface area contributed by atoms with Gasteiger partial charge in [-0.25, -0.2) is 0 Å². The molecule has 0 fully saturated rings. The Hall–Kier alpha value is -2.18. The Morgan fingerprint density at radius 3 is 2.50 bits per heavy atom. The van der Waals surface area contributed by atoms with Crippen molar-refractivity contribution < 1.29 is 9.72 Å². The van der Waals surface area contributed by atoms with E-state index < -0.39 is 4.92 Å². The van der Waals surface area contributed by atoms with Gasteiger partial charge in [-0.1, -0.05) is 39.7 Å². The van der Waals surface area contributed by atoms with Crippen molar-refractivity contribution in [1.82, 2.24) is 0 Å². The third-order valence-corrected chi connectivity index (χ3v) is 3.56. The molecule has 2 aromatic carbocycles. The summed E-state index contributed by atoms with van der Waals surface area (Å²) in [6, 6.07) is 11.3. The summed E-state index contributed by atoms with van der Waals surface area (Å²) in [4.78, 5) is 21.9. The van der Waals surface area contributed by atoms with Crippen molar-refractivity contribution in [1.29, 1.82) is 0 Å². The van der Waals surface area contributed by atoms with Crippen molar-refractivity contribution in [3.05, 3.63) is 73.7 Å². The Morgan fingerprint density at radius 2 is 1.91 bits per heavy atom. The normalized spacial score (nSPS) is 10.6.